The highest BCUT2D eigenvalue weighted by Gasteiger charge is 2.35. The number of rotatable bonds is 6. The van der Waals surface area contributed by atoms with Crippen molar-refractivity contribution in [1.82, 2.24) is 10.2 Å². The van der Waals surface area contributed by atoms with Gasteiger partial charge in [-0.05, 0) is 39.0 Å². The molecule has 0 saturated heterocycles. The van der Waals surface area contributed by atoms with Crippen LogP contribution in [0.3, 0.4) is 0 Å². The second-order valence-corrected chi connectivity index (χ2v) is 5.72. The van der Waals surface area contributed by atoms with Crippen molar-refractivity contribution in [3.63, 3.8) is 0 Å². The third kappa shape index (κ3) is 3.89. The molecule has 5 heteroatoms. The lowest BCUT2D eigenvalue weighted by molar-refractivity contribution is -0.137. The minimum Gasteiger partial charge on any atom is -0.481 e. The van der Waals surface area contributed by atoms with Gasteiger partial charge in [-0.1, -0.05) is 6.92 Å². The molecule has 1 unspecified atom stereocenters. The molecule has 18 heavy (non-hydrogen) atoms. The van der Waals surface area contributed by atoms with Crippen molar-refractivity contribution in [2.75, 3.05) is 7.05 Å². The Kier molecular flexibility index (Phi) is 4.59. The molecule has 0 aromatic carbocycles. The highest BCUT2D eigenvalue weighted by atomic mass is 16.4. The molecular formula is C13H24N2O3. The molecule has 2 amide bonds. The third-order valence-corrected chi connectivity index (χ3v) is 3.97. The van der Waals surface area contributed by atoms with E-state index >= 15 is 0 Å². The van der Waals surface area contributed by atoms with Crippen LogP contribution in [-0.2, 0) is 4.79 Å². The molecule has 1 atom stereocenters. The number of carbonyl (C=O) groups excluding carboxylic acids is 1. The summed E-state index contributed by atoms with van der Waals surface area (Å²) in [4.78, 5) is 24.5. The standard InChI is InChI=1S/C13H24N2O3/c1-5-13(2,3)15(4)12(18)14-10(8-11(16)17)9-6-7-9/h9-10H,5-8H2,1-4H3,(H,14,18)(H,16,17). The molecule has 0 radical (unpaired) electrons. The van der Waals surface area contributed by atoms with Crippen molar-refractivity contribution in [3.05, 3.63) is 0 Å². The Morgan fingerprint density at radius 2 is 2.00 bits per heavy atom. The number of amides is 2. The van der Waals surface area contributed by atoms with E-state index in [4.69, 9.17) is 5.11 Å². The van der Waals surface area contributed by atoms with E-state index in [-0.39, 0.29) is 24.0 Å². The van der Waals surface area contributed by atoms with E-state index in [2.05, 4.69) is 5.32 Å². The van der Waals surface area contributed by atoms with Crippen LogP contribution in [0.5, 0.6) is 0 Å². The van der Waals surface area contributed by atoms with Crippen LogP contribution in [0.4, 0.5) is 4.79 Å². The zero-order chi connectivity index (χ0) is 13.9. The Balaban J connectivity index is 2.58. The third-order valence-electron chi connectivity index (χ3n) is 3.97. The molecule has 0 aliphatic heterocycles. The highest BCUT2D eigenvalue weighted by molar-refractivity contribution is 5.76. The molecule has 5 nitrogen and oxygen atoms in total. The Bertz CT molecular complexity index is 324. The van der Waals surface area contributed by atoms with Gasteiger partial charge in [-0.15, -0.1) is 0 Å². The summed E-state index contributed by atoms with van der Waals surface area (Å²) in [6, 6.07) is -0.412. The van der Waals surface area contributed by atoms with Crippen LogP contribution in [-0.4, -0.2) is 40.6 Å². The summed E-state index contributed by atoms with van der Waals surface area (Å²) in [7, 11) is 1.75. The molecule has 1 rings (SSSR count). The van der Waals surface area contributed by atoms with E-state index in [0.717, 1.165) is 19.3 Å². The smallest absolute Gasteiger partial charge is 0.317 e. The number of carbonyl (C=O) groups is 2. The van der Waals surface area contributed by atoms with Crippen LogP contribution in [0.2, 0.25) is 0 Å². The maximum absolute atomic E-state index is 12.1. The average molecular weight is 256 g/mol. The van der Waals surface area contributed by atoms with Crippen LogP contribution >= 0.6 is 0 Å². The van der Waals surface area contributed by atoms with Crippen LogP contribution in [0.1, 0.15) is 46.5 Å². The zero-order valence-electron chi connectivity index (χ0n) is 11.7. The van der Waals surface area contributed by atoms with Crippen molar-refractivity contribution in [3.8, 4) is 0 Å². The number of carboxylic acids is 1. The summed E-state index contributed by atoms with van der Waals surface area (Å²) in [5.74, 6) is -0.521. The lowest BCUT2D eigenvalue weighted by atomic mass is 10.0. The minimum absolute atomic E-state index is 0.0107. The first-order valence-corrected chi connectivity index (χ1v) is 6.54. The van der Waals surface area contributed by atoms with Gasteiger partial charge < -0.3 is 15.3 Å². The quantitative estimate of drug-likeness (QED) is 0.764. The molecule has 0 aromatic heterocycles. The van der Waals surface area contributed by atoms with E-state index in [9.17, 15) is 9.59 Å². The predicted octanol–water partition coefficient (Wildman–Crippen LogP) is 2.07. The van der Waals surface area contributed by atoms with Crippen molar-refractivity contribution in [2.24, 2.45) is 5.92 Å². The van der Waals surface area contributed by atoms with Gasteiger partial charge in [0.15, 0.2) is 0 Å². The fraction of sp³-hybridized carbons (Fsp3) is 0.846. The Hall–Kier alpha value is -1.26. The number of urea groups is 1. The number of hydrogen-bond donors (Lipinski definition) is 2. The summed E-state index contributed by atoms with van der Waals surface area (Å²) in [6.45, 7) is 6.02. The first-order valence-electron chi connectivity index (χ1n) is 6.54. The van der Waals surface area contributed by atoms with Crippen LogP contribution in [0, 0.1) is 5.92 Å². The van der Waals surface area contributed by atoms with Gasteiger partial charge in [0.2, 0.25) is 0 Å². The van der Waals surface area contributed by atoms with Gasteiger partial charge in [0, 0.05) is 18.6 Å². The summed E-state index contributed by atoms with van der Waals surface area (Å²) in [5.41, 5.74) is -0.221. The first kappa shape index (κ1) is 14.8. The normalized spacial score (nSPS) is 17.1. The SMILES string of the molecule is CCC(C)(C)N(C)C(=O)NC(CC(=O)O)C1CC1. The molecule has 1 fully saturated rings. The lowest BCUT2D eigenvalue weighted by Crippen LogP contribution is -2.52. The predicted molar refractivity (Wildman–Crippen MR) is 69.4 cm³/mol. The minimum atomic E-state index is -0.857. The monoisotopic (exact) mass is 256 g/mol. The Morgan fingerprint density at radius 3 is 2.39 bits per heavy atom. The molecule has 0 aromatic rings. The van der Waals surface area contributed by atoms with Gasteiger partial charge in [0.25, 0.3) is 0 Å². The van der Waals surface area contributed by atoms with E-state index in [1.165, 1.54) is 0 Å². The van der Waals surface area contributed by atoms with E-state index in [1.807, 2.05) is 20.8 Å². The molecule has 104 valence electrons. The number of carboxylic acid groups (broad SMARTS) is 1. The van der Waals surface area contributed by atoms with Crippen LogP contribution in [0.15, 0.2) is 0 Å². The summed E-state index contributed by atoms with van der Waals surface area (Å²) in [5, 5.41) is 11.7. The van der Waals surface area contributed by atoms with Crippen molar-refractivity contribution < 1.29 is 14.7 Å². The fourth-order valence-electron chi connectivity index (χ4n) is 1.79. The van der Waals surface area contributed by atoms with Crippen molar-refractivity contribution in [2.45, 2.75) is 58.0 Å². The second-order valence-electron chi connectivity index (χ2n) is 5.72. The van der Waals surface area contributed by atoms with Crippen molar-refractivity contribution >= 4 is 12.0 Å². The molecule has 1 aliphatic carbocycles. The van der Waals surface area contributed by atoms with Gasteiger partial charge in [-0.2, -0.15) is 0 Å². The zero-order valence-corrected chi connectivity index (χ0v) is 11.7. The number of nitrogens with zero attached hydrogens (tertiary/aromatic N) is 1. The largest absolute Gasteiger partial charge is 0.481 e. The summed E-state index contributed by atoms with van der Waals surface area (Å²) in [6.07, 6.45) is 2.89. The van der Waals surface area contributed by atoms with E-state index in [0.29, 0.717) is 5.92 Å². The maximum atomic E-state index is 12.1. The van der Waals surface area contributed by atoms with Gasteiger partial charge in [-0.25, -0.2) is 4.79 Å². The summed E-state index contributed by atoms with van der Waals surface area (Å²) < 4.78 is 0. The van der Waals surface area contributed by atoms with E-state index < -0.39 is 5.97 Å². The van der Waals surface area contributed by atoms with Gasteiger partial charge >= 0.3 is 12.0 Å². The van der Waals surface area contributed by atoms with Crippen LogP contribution < -0.4 is 5.32 Å². The van der Waals surface area contributed by atoms with Crippen LogP contribution in [0.25, 0.3) is 0 Å². The molecule has 1 saturated carbocycles. The molecule has 0 heterocycles. The topological polar surface area (TPSA) is 69.6 Å². The number of nitrogens with one attached hydrogen (secondary N) is 1. The molecule has 0 spiro atoms. The maximum Gasteiger partial charge on any atom is 0.317 e. The van der Waals surface area contributed by atoms with Gasteiger partial charge in [0.1, 0.15) is 0 Å². The van der Waals surface area contributed by atoms with Crippen molar-refractivity contribution in [1.29, 1.82) is 0 Å². The lowest BCUT2D eigenvalue weighted by Gasteiger charge is -2.35. The number of aliphatic carboxylic acids is 1. The highest BCUT2D eigenvalue weighted by Crippen LogP contribution is 2.34. The molecule has 2 N–H and O–H groups in total. The second kappa shape index (κ2) is 5.59. The first-order chi connectivity index (χ1) is 8.27. The number of hydrogen-bond acceptors (Lipinski definition) is 2. The van der Waals surface area contributed by atoms with Gasteiger partial charge in [-0.3, -0.25) is 4.79 Å². The fourth-order valence-corrected chi connectivity index (χ4v) is 1.79. The Morgan fingerprint density at radius 1 is 1.44 bits per heavy atom. The Labute approximate surface area is 109 Å². The molecule has 0 bridgehead atoms. The van der Waals surface area contributed by atoms with E-state index in [1.54, 1.807) is 11.9 Å². The molecule has 1 aliphatic rings. The average Bonchev–Trinajstić information content (AvgIpc) is 3.10. The van der Waals surface area contributed by atoms with Gasteiger partial charge in [0.05, 0.1) is 6.42 Å². The summed E-state index contributed by atoms with van der Waals surface area (Å²) >= 11 is 0. The molecular weight excluding hydrogens is 232 g/mol.